The number of aromatic nitrogens is 2. The van der Waals surface area contributed by atoms with Crippen molar-refractivity contribution in [2.45, 2.75) is 0 Å². The fraction of sp³-hybridized carbons (Fsp3) is 0.500. The Balaban J connectivity index is 3.64. The lowest BCUT2D eigenvalue weighted by molar-refractivity contribution is 0.801. The van der Waals surface area contributed by atoms with E-state index in [-0.39, 0.29) is 5.56 Å². The Morgan fingerprint density at radius 2 is 1.93 bits per heavy atom. The first kappa shape index (κ1) is 10.4. The minimum Gasteiger partial charge on any atom is -0.373 e. The zero-order chi connectivity index (χ0) is 10.9. The molecule has 6 nitrogen and oxygen atoms in total. The van der Waals surface area contributed by atoms with Gasteiger partial charge in [0.1, 0.15) is 11.5 Å². The van der Waals surface area contributed by atoms with Crippen molar-refractivity contribution in [1.29, 1.82) is 0 Å². The van der Waals surface area contributed by atoms with E-state index >= 15 is 0 Å². The van der Waals surface area contributed by atoms with Crippen LogP contribution in [-0.4, -0.2) is 30.7 Å². The van der Waals surface area contributed by atoms with E-state index in [2.05, 4.69) is 10.3 Å². The number of hydrogen-bond donors (Lipinski definition) is 2. The summed E-state index contributed by atoms with van der Waals surface area (Å²) in [4.78, 5) is 26.6. The first-order chi connectivity index (χ1) is 6.49. The topological polar surface area (TPSA) is 70.1 Å². The van der Waals surface area contributed by atoms with E-state index in [1.165, 1.54) is 4.57 Å². The van der Waals surface area contributed by atoms with Crippen molar-refractivity contribution in [3.63, 3.8) is 0 Å². The molecule has 0 saturated carbocycles. The Kier molecular flexibility index (Phi) is 2.64. The summed E-state index contributed by atoms with van der Waals surface area (Å²) < 4.78 is 1.36. The standard InChI is InChI=1S/C8H14N4O2/c1-9-6-5(11(2)3)7(13)10-8(14)12(6)4/h9H,1-4H3,(H,10,13,14). The van der Waals surface area contributed by atoms with Crippen molar-refractivity contribution in [2.75, 3.05) is 31.4 Å². The average molecular weight is 198 g/mol. The highest BCUT2D eigenvalue weighted by molar-refractivity contribution is 5.63. The molecular weight excluding hydrogens is 184 g/mol. The fourth-order valence-electron chi connectivity index (χ4n) is 1.31. The van der Waals surface area contributed by atoms with Crippen LogP contribution >= 0.6 is 0 Å². The number of anilines is 2. The fourth-order valence-corrected chi connectivity index (χ4v) is 1.31. The number of nitrogens with one attached hydrogen (secondary N) is 2. The van der Waals surface area contributed by atoms with Crippen molar-refractivity contribution in [3.8, 4) is 0 Å². The summed E-state index contributed by atoms with van der Waals surface area (Å²) in [7, 11) is 6.75. The molecule has 0 amide bonds. The molecule has 0 aliphatic carbocycles. The Hall–Kier alpha value is -1.72. The van der Waals surface area contributed by atoms with Crippen LogP contribution in [0.4, 0.5) is 11.5 Å². The molecule has 78 valence electrons. The predicted molar refractivity (Wildman–Crippen MR) is 56.2 cm³/mol. The van der Waals surface area contributed by atoms with E-state index in [1.807, 2.05) is 0 Å². The summed E-state index contributed by atoms with van der Waals surface area (Å²) in [6, 6.07) is 0. The maximum Gasteiger partial charge on any atom is 0.329 e. The van der Waals surface area contributed by atoms with E-state index in [0.717, 1.165) is 0 Å². The molecule has 2 N–H and O–H groups in total. The van der Waals surface area contributed by atoms with E-state index in [4.69, 9.17) is 0 Å². The van der Waals surface area contributed by atoms with E-state index in [9.17, 15) is 9.59 Å². The maximum atomic E-state index is 11.5. The molecule has 1 heterocycles. The average Bonchev–Trinajstić information content (AvgIpc) is 2.09. The molecule has 1 aromatic rings. The third-order valence-corrected chi connectivity index (χ3v) is 1.98. The van der Waals surface area contributed by atoms with Gasteiger partial charge in [0, 0.05) is 28.2 Å². The summed E-state index contributed by atoms with van der Waals surface area (Å²) in [5, 5.41) is 2.83. The smallest absolute Gasteiger partial charge is 0.329 e. The van der Waals surface area contributed by atoms with Crippen molar-refractivity contribution >= 4 is 11.5 Å². The molecule has 6 heteroatoms. The maximum absolute atomic E-state index is 11.5. The normalized spacial score (nSPS) is 10.0. The van der Waals surface area contributed by atoms with E-state index in [0.29, 0.717) is 11.5 Å². The molecule has 0 aliphatic heterocycles. The Morgan fingerprint density at radius 3 is 2.36 bits per heavy atom. The quantitative estimate of drug-likeness (QED) is 0.651. The summed E-state index contributed by atoms with van der Waals surface area (Å²) in [5.74, 6) is 0.503. The third-order valence-electron chi connectivity index (χ3n) is 1.98. The molecule has 0 radical (unpaired) electrons. The van der Waals surface area contributed by atoms with Crippen LogP contribution in [0.2, 0.25) is 0 Å². The molecule has 0 unspecified atom stereocenters. The number of rotatable bonds is 2. The minimum absolute atomic E-state index is 0.387. The third kappa shape index (κ3) is 1.50. The molecule has 0 saturated heterocycles. The van der Waals surface area contributed by atoms with Gasteiger partial charge in [-0.1, -0.05) is 0 Å². The van der Waals surface area contributed by atoms with Gasteiger partial charge in [-0.05, 0) is 0 Å². The summed E-state index contributed by atoms with van der Waals surface area (Å²) in [6.45, 7) is 0. The Labute approximate surface area is 81.2 Å². The van der Waals surface area contributed by atoms with Gasteiger partial charge in [-0.25, -0.2) is 4.79 Å². The van der Waals surface area contributed by atoms with Gasteiger partial charge in [-0.2, -0.15) is 0 Å². The van der Waals surface area contributed by atoms with Crippen molar-refractivity contribution in [3.05, 3.63) is 20.8 Å². The molecule has 0 fully saturated rings. The first-order valence-electron chi connectivity index (χ1n) is 4.17. The van der Waals surface area contributed by atoms with Crippen LogP contribution in [0.3, 0.4) is 0 Å². The van der Waals surface area contributed by atoms with Gasteiger partial charge < -0.3 is 10.2 Å². The van der Waals surface area contributed by atoms with Gasteiger partial charge in [-0.15, -0.1) is 0 Å². The number of H-pyrrole nitrogens is 1. The van der Waals surface area contributed by atoms with Crippen molar-refractivity contribution < 1.29 is 0 Å². The lowest BCUT2D eigenvalue weighted by atomic mass is 10.4. The second-order valence-corrected chi connectivity index (χ2v) is 3.16. The van der Waals surface area contributed by atoms with Crippen LogP contribution in [0.25, 0.3) is 0 Å². The molecule has 0 bridgehead atoms. The predicted octanol–water partition coefficient (Wildman–Crippen LogP) is -0.819. The van der Waals surface area contributed by atoms with E-state index < -0.39 is 5.69 Å². The van der Waals surface area contributed by atoms with Crippen LogP contribution < -0.4 is 21.5 Å². The van der Waals surface area contributed by atoms with Crippen molar-refractivity contribution in [1.82, 2.24) is 9.55 Å². The SMILES string of the molecule is CNc1c(N(C)C)c(=O)[nH]c(=O)n1C. The van der Waals surface area contributed by atoms with Gasteiger partial charge in [0.05, 0.1) is 0 Å². The van der Waals surface area contributed by atoms with Gasteiger partial charge in [0.15, 0.2) is 0 Å². The lowest BCUT2D eigenvalue weighted by Gasteiger charge is -2.17. The zero-order valence-corrected chi connectivity index (χ0v) is 8.71. The number of aromatic amines is 1. The van der Waals surface area contributed by atoms with Crippen LogP contribution in [0, 0.1) is 0 Å². The van der Waals surface area contributed by atoms with Gasteiger partial charge >= 0.3 is 5.69 Å². The highest BCUT2D eigenvalue weighted by Crippen LogP contribution is 2.14. The van der Waals surface area contributed by atoms with Gasteiger partial charge in [-0.3, -0.25) is 14.3 Å². The van der Waals surface area contributed by atoms with Crippen molar-refractivity contribution in [2.24, 2.45) is 7.05 Å². The largest absolute Gasteiger partial charge is 0.373 e. The van der Waals surface area contributed by atoms with Gasteiger partial charge in [0.2, 0.25) is 0 Å². The molecule has 1 aromatic heterocycles. The highest BCUT2D eigenvalue weighted by atomic mass is 16.2. The Morgan fingerprint density at radius 1 is 1.36 bits per heavy atom. The minimum atomic E-state index is -0.426. The summed E-state index contributed by atoms with van der Waals surface area (Å²) in [6.07, 6.45) is 0. The van der Waals surface area contributed by atoms with Crippen LogP contribution in [0.15, 0.2) is 9.59 Å². The van der Waals surface area contributed by atoms with Crippen LogP contribution in [0.5, 0.6) is 0 Å². The molecule has 0 atom stereocenters. The lowest BCUT2D eigenvalue weighted by Crippen LogP contribution is -2.34. The number of nitrogens with zero attached hydrogens (tertiary/aromatic N) is 2. The summed E-state index contributed by atoms with van der Waals surface area (Å²) in [5.41, 5.74) is -0.373. The molecular formula is C8H14N4O2. The number of hydrogen-bond acceptors (Lipinski definition) is 4. The Bertz CT molecular complexity index is 444. The van der Waals surface area contributed by atoms with Gasteiger partial charge in [0.25, 0.3) is 5.56 Å². The molecule has 0 aromatic carbocycles. The second kappa shape index (κ2) is 3.57. The molecule has 14 heavy (non-hydrogen) atoms. The first-order valence-corrected chi connectivity index (χ1v) is 4.17. The van der Waals surface area contributed by atoms with E-state index in [1.54, 1.807) is 33.1 Å². The molecule has 0 spiro atoms. The zero-order valence-electron chi connectivity index (χ0n) is 8.71. The highest BCUT2D eigenvalue weighted by Gasteiger charge is 2.12. The second-order valence-electron chi connectivity index (χ2n) is 3.16. The summed E-state index contributed by atoms with van der Waals surface area (Å²) >= 11 is 0. The van der Waals surface area contributed by atoms with Crippen LogP contribution in [0.1, 0.15) is 0 Å². The van der Waals surface area contributed by atoms with Crippen LogP contribution in [-0.2, 0) is 7.05 Å². The molecule has 1 rings (SSSR count). The molecule has 0 aliphatic rings. The monoisotopic (exact) mass is 198 g/mol.